The van der Waals surface area contributed by atoms with Crippen LogP contribution in [0.2, 0.25) is 5.02 Å². The maximum absolute atomic E-state index is 13.0. The number of alkyl halides is 2. The molecule has 0 heterocycles. The summed E-state index contributed by atoms with van der Waals surface area (Å²) in [6, 6.07) is 4.00. The smallest absolute Gasteiger partial charge is 0.208 e. The largest absolute Gasteiger partial charge is 0.248 e. The molecule has 1 fully saturated rings. The van der Waals surface area contributed by atoms with Crippen molar-refractivity contribution >= 4 is 21.6 Å². The molecule has 3 nitrogen and oxygen atoms in total. The minimum Gasteiger partial charge on any atom is -0.208 e. The van der Waals surface area contributed by atoms with Crippen LogP contribution in [0, 0.1) is 6.92 Å². The van der Waals surface area contributed by atoms with Crippen LogP contribution < -0.4 is 4.72 Å². The summed E-state index contributed by atoms with van der Waals surface area (Å²) in [7, 11) is -3.72. The normalized spacial score (nSPS) is 20.0. The number of sulfonamides is 1. The van der Waals surface area contributed by atoms with Gasteiger partial charge in [0.15, 0.2) is 0 Å². The first kappa shape index (κ1) is 15.7. The minimum absolute atomic E-state index is 0.0606. The lowest BCUT2D eigenvalue weighted by molar-refractivity contribution is -0.0387. The standard InChI is InChI=1S/C13H16ClF2NO2S/c1-9-2-3-11(8-12(9)14)20(18,19)17-10-4-6-13(15,16)7-5-10/h2-3,8,10,17H,4-7H2,1H3. The van der Waals surface area contributed by atoms with E-state index in [0.717, 1.165) is 5.56 Å². The fourth-order valence-electron chi connectivity index (χ4n) is 2.19. The van der Waals surface area contributed by atoms with Crippen molar-refractivity contribution in [2.45, 2.75) is 49.5 Å². The van der Waals surface area contributed by atoms with Gasteiger partial charge in [0.25, 0.3) is 0 Å². The topological polar surface area (TPSA) is 46.2 Å². The summed E-state index contributed by atoms with van der Waals surface area (Å²) >= 11 is 5.91. The molecule has 0 amide bonds. The van der Waals surface area contributed by atoms with E-state index in [9.17, 15) is 17.2 Å². The van der Waals surface area contributed by atoms with Gasteiger partial charge in [0.2, 0.25) is 15.9 Å². The molecular weight excluding hydrogens is 308 g/mol. The summed E-state index contributed by atoms with van der Waals surface area (Å²) in [6.45, 7) is 1.77. The highest BCUT2D eigenvalue weighted by atomic mass is 35.5. The zero-order chi connectivity index (χ0) is 15.0. The number of nitrogens with one attached hydrogen (secondary N) is 1. The Morgan fingerprint density at radius 2 is 1.90 bits per heavy atom. The number of halogens is 3. The van der Waals surface area contributed by atoms with Gasteiger partial charge in [-0.2, -0.15) is 0 Å². The van der Waals surface area contributed by atoms with E-state index < -0.39 is 22.0 Å². The maximum Gasteiger partial charge on any atom is 0.248 e. The number of rotatable bonds is 3. The lowest BCUT2D eigenvalue weighted by Crippen LogP contribution is -2.40. The summed E-state index contributed by atoms with van der Waals surface area (Å²) < 4.78 is 52.9. The minimum atomic E-state index is -3.72. The molecule has 7 heteroatoms. The quantitative estimate of drug-likeness (QED) is 0.925. The van der Waals surface area contributed by atoms with Crippen LogP contribution in [0.4, 0.5) is 8.78 Å². The highest BCUT2D eigenvalue weighted by Crippen LogP contribution is 2.33. The molecule has 0 atom stereocenters. The summed E-state index contributed by atoms with van der Waals surface area (Å²) in [5.74, 6) is -2.67. The van der Waals surface area contributed by atoms with Crippen LogP contribution in [0.3, 0.4) is 0 Å². The Balaban J connectivity index is 2.10. The van der Waals surface area contributed by atoms with Crippen LogP contribution in [0.1, 0.15) is 31.2 Å². The molecule has 0 radical (unpaired) electrons. The molecule has 0 bridgehead atoms. The zero-order valence-electron chi connectivity index (χ0n) is 11.0. The van der Waals surface area contributed by atoms with Gasteiger partial charge in [-0.25, -0.2) is 21.9 Å². The van der Waals surface area contributed by atoms with E-state index >= 15 is 0 Å². The van der Waals surface area contributed by atoms with Crippen molar-refractivity contribution in [2.75, 3.05) is 0 Å². The third-order valence-corrected chi connectivity index (χ3v) is 5.42. The summed E-state index contributed by atoms with van der Waals surface area (Å²) in [4.78, 5) is 0.0606. The average molecular weight is 324 g/mol. The van der Waals surface area contributed by atoms with Gasteiger partial charge in [-0.3, -0.25) is 0 Å². The van der Waals surface area contributed by atoms with Gasteiger partial charge in [0.1, 0.15) is 0 Å². The van der Waals surface area contributed by atoms with Crippen molar-refractivity contribution in [3.8, 4) is 0 Å². The van der Waals surface area contributed by atoms with Gasteiger partial charge >= 0.3 is 0 Å². The van der Waals surface area contributed by atoms with Crippen molar-refractivity contribution in [2.24, 2.45) is 0 Å². The van der Waals surface area contributed by atoms with Gasteiger partial charge in [0, 0.05) is 23.9 Å². The van der Waals surface area contributed by atoms with Crippen molar-refractivity contribution in [3.05, 3.63) is 28.8 Å². The molecule has 1 N–H and O–H groups in total. The maximum atomic E-state index is 13.0. The fourth-order valence-corrected chi connectivity index (χ4v) is 3.76. The lowest BCUT2D eigenvalue weighted by atomic mass is 9.93. The van der Waals surface area contributed by atoms with Crippen molar-refractivity contribution < 1.29 is 17.2 Å². The first-order valence-corrected chi connectivity index (χ1v) is 8.22. The lowest BCUT2D eigenvalue weighted by Gasteiger charge is -2.28. The molecule has 0 spiro atoms. The molecule has 0 saturated heterocycles. The average Bonchev–Trinajstić information content (AvgIpc) is 2.35. The second-order valence-corrected chi connectivity index (χ2v) is 7.28. The van der Waals surface area contributed by atoms with Gasteiger partial charge < -0.3 is 0 Å². The number of hydrogen-bond acceptors (Lipinski definition) is 2. The van der Waals surface area contributed by atoms with Crippen LogP contribution in [0.15, 0.2) is 23.1 Å². The van der Waals surface area contributed by atoms with E-state index in [1.54, 1.807) is 13.0 Å². The van der Waals surface area contributed by atoms with E-state index in [4.69, 9.17) is 11.6 Å². The predicted molar refractivity (Wildman–Crippen MR) is 73.7 cm³/mol. The predicted octanol–water partition coefficient (Wildman–Crippen LogP) is 3.50. The molecule has 1 aromatic carbocycles. The molecular formula is C13H16ClF2NO2S. The Morgan fingerprint density at radius 3 is 2.45 bits per heavy atom. The van der Waals surface area contributed by atoms with E-state index in [2.05, 4.69) is 4.72 Å². The number of benzene rings is 1. The van der Waals surface area contributed by atoms with E-state index in [-0.39, 0.29) is 30.6 Å². The van der Waals surface area contributed by atoms with Crippen molar-refractivity contribution in [3.63, 3.8) is 0 Å². The third kappa shape index (κ3) is 3.68. The molecule has 0 unspecified atom stereocenters. The van der Waals surface area contributed by atoms with Crippen LogP contribution in [0.5, 0.6) is 0 Å². The van der Waals surface area contributed by atoms with Gasteiger partial charge in [-0.05, 0) is 37.5 Å². The Bertz CT molecular complexity index is 594. The SMILES string of the molecule is Cc1ccc(S(=O)(=O)NC2CCC(F)(F)CC2)cc1Cl. The molecule has 0 aliphatic heterocycles. The Kier molecular flexibility index (Phi) is 4.37. The Hall–Kier alpha value is -0.720. The number of hydrogen-bond donors (Lipinski definition) is 1. The first-order chi connectivity index (χ1) is 9.20. The second kappa shape index (κ2) is 5.58. The van der Waals surface area contributed by atoms with E-state index in [1.165, 1.54) is 12.1 Å². The van der Waals surface area contributed by atoms with E-state index in [0.29, 0.717) is 5.02 Å². The highest BCUT2D eigenvalue weighted by molar-refractivity contribution is 7.89. The van der Waals surface area contributed by atoms with Crippen LogP contribution >= 0.6 is 11.6 Å². The molecule has 20 heavy (non-hydrogen) atoms. The van der Waals surface area contributed by atoms with Crippen molar-refractivity contribution in [1.82, 2.24) is 4.72 Å². The molecule has 0 aromatic heterocycles. The first-order valence-electron chi connectivity index (χ1n) is 6.36. The zero-order valence-corrected chi connectivity index (χ0v) is 12.6. The van der Waals surface area contributed by atoms with Crippen LogP contribution in [0.25, 0.3) is 0 Å². The van der Waals surface area contributed by atoms with Gasteiger partial charge in [-0.1, -0.05) is 17.7 Å². The summed E-state index contributed by atoms with van der Waals surface area (Å²) in [5, 5.41) is 0.364. The molecule has 1 aliphatic carbocycles. The molecule has 2 rings (SSSR count). The molecule has 112 valence electrons. The summed E-state index contributed by atoms with van der Waals surface area (Å²) in [5.41, 5.74) is 0.780. The molecule has 1 saturated carbocycles. The van der Waals surface area contributed by atoms with Gasteiger partial charge in [0.05, 0.1) is 4.90 Å². The monoisotopic (exact) mass is 323 g/mol. The molecule has 1 aromatic rings. The Labute approximate surface area is 122 Å². The summed E-state index contributed by atoms with van der Waals surface area (Å²) in [6.07, 6.45) is -0.276. The van der Waals surface area contributed by atoms with Gasteiger partial charge in [-0.15, -0.1) is 0 Å². The van der Waals surface area contributed by atoms with Crippen LogP contribution in [-0.2, 0) is 10.0 Å². The number of aryl methyl sites for hydroxylation is 1. The molecule has 1 aliphatic rings. The fraction of sp³-hybridized carbons (Fsp3) is 0.538. The van der Waals surface area contributed by atoms with E-state index in [1.807, 2.05) is 0 Å². The third-order valence-electron chi connectivity index (χ3n) is 3.49. The van der Waals surface area contributed by atoms with Crippen LogP contribution in [-0.4, -0.2) is 20.4 Å². The highest BCUT2D eigenvalue weighted by Gasteiger charge is 2.36. The Morgan fingerprint density at radius 1 is 1.30 bits per heavy atom. The van der Waals surface area contributed by atoms with Crippen molar-refractivity contribution in [1.29, 1.82) is 0 Å². The second-order valence-electron chi connectivity index (χ2n) is 5.16.